The lowest BCUT2D eigenvalue weighted by atomic mass is 9.71. The molecule has 2 fully saturated rings. The van der Waals surface area contributed by atoms with Crippen LogP contribution in [0, 0.1) is 17.3 Å². The van der Waals surface area contributed by atoms with Crippen molar-refractivity contribution in [1.29, 1.82) is 0 Å². The number of fused-ring (bicyclic) bond motifs is 2. The summed E-state index contributed by atoms with van der Waals surface area (Å²) in [6.07, 6.45) is 6.97. The molecule has 0 radical (unpaired) electrons. The lowest BCUT2D eigenvalue weighted by Gasteiger charge is -2.36. The van der Waals surface area contributed by atoms with Gasteiger partial charge >= 0.3 is 0 Å². The van der Waals surface area contributed by atoms with E-state index in [2.05, 4.69) is 50.1 Å². The first-order valence-electron chi connectivity index (χ1n) is 7.05. The van der Waals surface area contributed by atoms with Crippen molar-refractivity contribution >= 4 is 31.9 Å². The third-order valence-electron chi connectivity index (χ3n) is 5.14. The Morgan fingerprint density at radius 2 is 2.21 bits per heavy atom. The van der Waals surface area contributed by atoms with E-state index in [-0.39, 0.29) is 0 Å². The van der Waals surface area contributed by atoms with Gasteiger partial charge in [-0.3, -0.25) is 0 Å². The fourth-order valence-electron chi connectivity index (χ4n) is 4.21. The van der Waals surface area contributed by atoms with Crippen molar-refractivity contribution in [1.82, 2.24) is 0 Å². The van der Waals surface area contributed by atoms with Gasteiger partial charge < -0.3 is 4.74 Å². The summed E-state index contributed by atoms with van der Waals surface area (Å²) in [4.78, 5) is 0. The highest BCUT2D eigenvalue weighted by molar-refractivity contribution is 9.10. The second-order valence-corrected chi connectivity index (χ2v) is 7.64. The van der Waals surface area contributed by atoms with E-state index >= 15 is 0 Å². The zero-order valence-corrected chi connectivity index (χ0v) is 14.5. The number of hydrogen-bond acceptors (Lipinski definition) is 1. The molecule has 104 valence electrons. The maximum atomic E-state index is 5.31. The van der Waals surface area contributed by atoms with Crippen LogP contribution >= 0.6 is 31.9 Å². The molecule has 3 atom stereocenters. The van der Waals surface area contributed by atoms with Crippen LogP contribution < -0.4 is 4.74 Å². The summed E-state index contributed by atoms with van der Waals surface area (Å²) < 4.78 is 6.38. The van der Waals surface area contributed by atoms with Crippen LogP contribution in [-0.4, -0.2) is 12.4 Å². The normalized spacial score (nSPS) is 32.8. The third-order valence-corrected chi connectivity index (χ3v) is 6.88. The van der Waals surface area contributed by atoms with Gasteiger partial charge in [0.05, 0.1) is 11.6 Å². The van der Waals surface area contributed by atoms with Crippen molar-refractivity contribution in [3.8, 4) is 5.75 Å². The van der Waals surface area contributed by atoms with Gasteiger partial charge in [-0.1, -0.05) is 28.4 Å². The second kappa shape index (κ2) is 5.40. The molecule has 0 aliphatic heterocycles. The number of methoxy groups -OCH3 is 1. The van der Waals surface area contributed by atoms with Crippen LogP contribution in [0.15, 0.2) is 22.7 Å². The number of alkyl halides is 1. The maximum absolute atomic E-state index is 5.31. The van der Waals surface area contributed by atoms with Crippen LogP contribution in [-0.2, 0) is 6.42 Å². The summed E-state index contributed by atoms with van der Waals surface area (Å²) in [5.74, 6) is 2.84. The van der Waals surface area contributed by atoms with Crippen molar-refractivity contribution in [3.63, 3.8) is 0 Å². The Balaban J connectivity index is 1.82. The second-order valence-electron chi connectivity index (χ2n) is 6.22. The molecule has 2 aliphatic rings. The molecule has 3 rings (SSSR count). The van der Waals surface area contributed by atoms with Crippen LogP contribution in [0.4, 0.5) is 0 Å². The predicted octanol–water partition coefficient (Wildman–Crippen LogP) is 5.20. The van der Waals surface area contributed by atoms with Crippen molar-refractivity contribution in [2.45, 2.75) is 32.1 Å². The molecule has 19 heavy (non-hydrogen) atoms. The number of hydrogen-bond donors (Lipinski definition) is 0. The largest absolute Gasteiger partial charge is 0.496 e. The van der Waals surface area contributed by atoms with Crippen molar-refractivity contribution in [2.75, 3.05) is 12.4 Å². The lowest BCUT2D eigenvalue weighted by molar-refractivity contribution is 0.197. The number of rotatable bonds is 4. The molecular formula is C16H20Br2O. The summed E-state index contributed by atoms with van der Waals surface area (Å²) in [5.41, 5.74) is 1.93. The minimum absolute atomic E-state index is 0.497. The molecule has 0 heterocycles. The smallest absolute Gasteiger partial charge is 0.133 e. The third kappa shape index (κ3) is 2.49. The average molecular weight is 388 g/mol. The molecule has 1 nitrogen and oxygen atoms in total. The molecule has 3 unspecified atom stereocenters. The van der Waals surface area contributed by atoms with E-state index in [9.17, 15) is 0 Å². The topological polar surface area (TPSA) is 9.23 Å². The molecular weight excluding hydrogens is 368 g/mol. The predicted molar refractivity (Wildman–Crippen MR) is 86.1 cm³/mol. The van der Waals surface area contributed by atoms with E-state index in [1.54, 1.807) is 7.11 Å². The molecule has 0 spiro atoms. The minimum atomic E-state index is 0.497. The Bertz CT molecular complexity index is 474. The Kier molecular flexibility index (Phi) is 3.96. The van der Waals surface area contributed by atoms with Gasteiger partial charge in [0, 0.05) is 5.33 Å². The highest BCUT2D eigenvalue weighted by Crippen LogP contribution is 2.58. The lowest BCUT2D eigenvalue weighted by Crippen LogP contribution is -2.32. The van der Waals surface area contributed by atoms with Crippen LogP contribution in [0.5, 0.6) is 5.75 Å². The van der Waals surface area contributed by atoms with Crippen LogP contribution in [0.1, 0.15) is 31.2 Å². The molecule has 2 aliphatic carbocycles. The van der Waals surface area contributed by atoms with E-state index in [0.29, 0.717) is 5.41 Å². The Morgan fingerprint density at radius 3 is 2.74 bits per heavy atom. The zero-order valence-electron chi connectivity index (χ0n) is 11.3. The van der Waals surface area contributed by atoms with E-state index in [0.717, 1.165) is 27.4 Å². The maximum Gasteiger partial charge on any atom is 0.133 e. The standard InChI is InChI=1S/C16H20Br2O/c1-19-15-5-3-12(7-14(15)18)9-16(10-17)8-11-2-4-13(16)6-11/h3,5,7,11,13H,2,4,6,8-10H2,1H3. The Labute approximate surface area is 132 Å². The number of halogens is 2. The average Bonchev–Trinajstić information content (AvgIpc) is 3.00. The van der Waals surface area contributed by atoms with E-state index in [1.165, 1.54) is 37.7 Å². The summed E-state index contributed by atoms with van der Waals surface area (Å²) in [7, 11) is 1.72. The summed E-state index contributed by atoms with van der Waals surface area (Å²) >= 11 is 7.40. The van der Waals surface area contributed by atoms with Gasteiger partial charge in [0.1, 0.15) is 5.75 Å². The van der Waals surface area contributed by atoms with Gasteiger partial charge in [-0.2, -0.15) is 0 Å². The molecule has 2 saturated carbocycles. The summed E-state index contributed by atoms with van der Waals surface area (Å²) in [6.45, 7) is 0. The van der Waals surface area contributed by atoms with E-state index < -0.39 is 0 Å². The highest BCUT2D eigenvalue weighted by atomic mass is 79.9. The summed E-state index contributed by atoms with van der Waals surface area (Å²) in [5, 5.41) is 1.14. The minimum Gasteiger partial charge on any atom is -0.496 e. The fraction of sp³-hybridized carbons (Fsp3) is 0.625. The molecule has 1 aromatic carbocycles. The molecule has 3 heteroatoms. The van der Waals surface area contributed by atoms with Gasteiger partial charge in [-0.15, -0.1) is 0 Å². The monoisotopic (exact) mass is 386 g/mol. The van der Waals surface area contributed by atoms with Crippen molar-refractivity contribution in [3.05, 3.63) is 28.2 Å². The molecule has 0 aromatic heterocycles. The molecule has 0 amide bonds. The van der Waals surface area contributed by atoms with Crippen LogP contribution in [0.2, 0.25) is 0 Å². The molecule has 2 bridgehead atoms. The molecule has 1 aromatic rings. The van der Waals surface area contributed by atoms with Gasteiger partial charge in [-0.25, -0.2) is 0 Å². The van der Waals surface area contributed by atoms with Gasteiger partial charge in [0.2, 0.25) is 0 Å². The zero-order chi connectivity index (χ0) is 13.5. The van der Waals surface area contributed by atoms with Gasteiger partial charge in [0.15, 0.2) is 0 Å². The van der Waals surface area contributed by atoms with Crippen LogP contribution in [0.25, 0.3) is 0 Å². The first-order valence-corrected chi connectivity index (χ1v) is 8.97. The molecule has 0 saturated heterocycles. The Hall–Kier alpha value is -0.0200. The van der Waals surface area contributed by atoms with E-state index in [4.69, 9.17) is 4.74 Å². The molecule has 0 N–H and O–H groups in total. The first kappa shape index (κ1) is 13.9. The van der Waals surface area contributed by atoms with Crippen molar-refractivity contribution < 1.29 is 4.74 Å². The van der Waals surface area contributed by atoms with E-state index in [1.807, 2.05) is 0 Å². The quantitative estimate of drug-likeness (QED) is 0.645. The summed E-state index contributed by atoms with van der Waals surface area (Å²) in [6, 6.07) is 6.53. The fourth-order valence-corrected chi connectivity index (χ4v) is 5.68. The SMILES string of the molecule is COc1ccc(CC2(CBr)CC3CCC2C3)cc1Br. The first-order chi connectivity index (χ1) is 9.16. The number of ether oxygens (including phenoxy) is 1. The highest BCUT2D eigenvalue weighted by Gasteiger charge is 2.49. The number of benzene rings is 1. The Morgan fingerprint density at radius 1 is 1.37 bits per heavy atom. The van der Waals surface area contributed by atoms with Gasteiger partial charge in [0.25, 0.3) is 0 Å². The van der Waals surface area contributed by atoms with Gasteiger partial charge in [-0.05, 0) is 76.6 Å². The van der Waals surface area contributed by atoms with Crippen molar-refractivity contribution in [2.24, 2.45) is 17.3 Å². The van der Waals surface area contributed by atoms with Crippen LogP contribution in [0.3, 0.4) is 0 Å².